The van der Waals surface area contributed by atoms with Crippen LogP contribution in [0.5, 0.6) is 0 Å². The standard InChI is InChI=1S/C13H16F3N5/c1-3-5-10-18-11(17-4-2)8-12(19-10)21-7-6-9(20-21)13(14,15)16/h6-8H,3-5H2,1-2H3,(H,17,18,19). The molecule has 0 aliphatic rings. The highest BCUT2D eigenvalue weighted by Gasteiger charge is 2.33. The summed E-state index contributed by atoms with van der Waals surface area (Å²) < 4.78 is 38.9. The van der Waals surface area contributed by atoms with Gasteiger partial charge >= 0.3 is 6.18 Å². The van der Waals surface area contributed by atoms with E-state index < -0.39 is 11.9 Å². The van der Waals surface area contributed by atoms with Crippen molar-refractivity contribution in [2.45, 2.75) is 32.9 Å². The first-order chi connectivity index (χ1) is 9.94. The summed E-state index contributed by atoms with van der Waals surface area (Å²) in [6.07, 6.45) is -1.72. The third-order valence-electron chi connectivity index (χ3n) is 2.70. The molecule has 0 unspecified atom stereocenters. The molecule has 5 nitrogen and oxygen atoms in total. The summed E-state index contributed by atoms with van der Waals surface area (Å²) in [5, 5.41) is 6.57. The fourth-order valence-corrected chi connectivity index (χ4v) is 1.81. The average molecular weight is 299 g/mol. The fourth-order valence-electron chi connectivity index (χ4n) is 1.81. The summed E-state index contributed by atoms with van der Waals surface area (Å²) >= 11 is 0. The number of nitrogens with zero attached hydrogens (tertiary/aromatic N) is 4. The van der Waals surface area contributed by atoms with Gasteiger partial charge in [0.1, 0.15) is 11.6 Å². The van der Waals surface area contributed by atoms with Gasteiger partial charge in [-0.15, -0.1) is 0 Å². The molecule has 0 radical (unpaired) electrons. The number of aromatic nitrogens is 4. The highest BCUT2D eigenvalue weighted by Crippen LogP contribution is 2.27. The number of hydrogen-bond acceptors (Lipinski definition) is 4. The van der Waals surface area contributed by atoms with E-state index in [0.717, 1.165) is 17.2 Å². The average Bonchev–Trinajstić information content (AvgIpc) is 2.88. The predicted octanol–water partition coefficient (Wildman–Crippen LogP) is 3.07. The van der Waals surface area contributed by atoms with Crippen LogP contribution in [0.3, 0.4) is 0 Å². The molecule has 1 N–H and O–H groups in total. The molecule has 0 atom stereocenters. The lowest BCUT2D eigenvalue weighted by Crippen LogP contribution is -2.10. The van der Waals surface area contributed by atoms with Crippen molar-refractivity contribution in [2.75, 3.05) is 11.9 Å². The number of hydrogen-bond donors (Lipinski definition) is 1. The Labute approximate surface area is 120 Å². The van der Waals surface area contributed by atoms with Crippen LogP contribution in [0.25, 0.3) is 5.82 Å². The van der Waals surface area contributed by atoms with Crippen molar-refractivity contribution in [2.24, 2.45) is 0 Å². The Balaban J connectivity index is 2.39. The van der Waals surface area contributed by atoms with Crippen LogP contribution in [-0.2, 0) is 12.6 Å². The van der Waals surface area contributed by atoms with Crippen molar-refractivity contribution in [3.05, 3.63) is 29.8 Å². The van der Waals surface area contributed by atoms with Gasteiger partial charge in [-0.1, -0.05) is 6.92 Å². The Morgan fingerprint density at radius 3 is 2.57 bits per heavy atom. The Morgan fingerprint density at radius 1 is 1.24 bits per heavy atom. The summed E-state index contributed by atoms with van der Waals surface area (Å²) in [6.45, 7) is 4.56. The van der Waals surface area contributed by atoms with Crippen molar-refractivity contribution >= 4 is 5.82 Å². The molecule has 0 saturated carbocycles. The Kier molecular flexibility index (Phi) is 4.44. The minimum atomic E-state index is -4.46. The quantitative estimate of drug-likeness (QED) is 0.922. The Morgan fingerprint density at radius 2 is 2.00 bits per heavy atom. The van der Waals surface area contributed by atoms with Crippen LogP contribution in [0, 0.1) is 0 Å². The van der Waals surface area contributed by atoms with E-state index in [2.05, 4.69) is 20.4 Å². The number of alkyl halides is 3. The van der Waals surface area contributed by atoms with Crippen LogP contribution in [0.1, 0.15) is 31.8 Å². The first kappa shape index (κ1) is 15.3. The van der Waals surface area contributed by atoms with Gasteiger partial charge in [-0.2, -0.15) is 18.3 Å². The summed E-state index contributed by atoms with van der Waals surface area (Å²) in [5.41, 5.74) is -0.942. The van der Waals surface area contributed by atoms with E-state index >= 15 is 0 Å². The SMILES string of the molecule is CCCc1nc(NCC)cc(-n2ccc(C(F)(F)F)n2)n1. The molecule has 114 valence electrons. The lowest BCUT2D eigenvalue weighted by Gasteiger charge is -2.08. The molecule has 0 aromatic carbocycles. The van der Waals surface area contributed by atoms with Crippen LogP contribution in [0.2, 0.25) is 0 Å². The van der Waals surface area contributed by atoms with Crippen LogP contribution >= 0.6 is 0 Å². The van der Waals surface area contributed by atoms with Crippen LogP contribution < -0.4 is 5.32 Å². The normalized spacial score (nSPS) is 11.7. The smallest absolute Gasteiger partial charge is 0.370 e. The fraction of sp³-hybridized carbons (Fsp3) is 0.462. The van der Waals surface area contributed by atoms with E-state index in [9.17, 15) is 13.2 Å². The van der Waals surface area contributed by atoms with Crippen molar-refractivity contribution in [3.63, 3.8) is 0 Å². The molecule has 0 spiro atoms. The lowest BCUT2D eigenvalue weighted by atomic mass is 10.3. The maximum absolute atomic E-state index is 12.6. The monoisotopic (exact) mass is 299 g/mol. The molecule has 21 heavy (non-hydrogen) atoms. The first-order valence-electron chi connectivity index (χ1n) is 6.69. The van der Waals surface area contributed by atoms with Gasteiger partial charge in [0.25, 0.3) is 0 Å². The number of aryl methyl sites for hydroxylation is 1. The van der Waals surface area contributed by atoms with Gasteiger partial charge in [0, 0.05) is 25.2 Å². The molecule has 2 heterocycles. The van der Waals surface area contributed by atoms with E-state index in [1.54, 1.807) is 6.07 Å². The van der Waals surface area contributed by atoms with Gasteiger partial charge in [0.05, 0.1) is 0 Å². The third kappa shape index (κ3) is 3.71. The zero-order valence-electron chi connectivity index (χ0n) is 11.8. The second-order valence-electron chi connectivity index (χ2n) is 4.45. The summed E-state index contributed by atoms with van der Waals surface area (Å²) in [7, 11) is 0. The molecule has 0 bridgehead atoms. The molecule has 8 heteroatoms. The van der Waals surface area contributed by atoms with Gasteiger partial charge in [-0.3, -0.25) is 0 Å². The molecule has 2 rings (SSSR count). The van der Waals surface area contributed by atoms with Gasteiger partial charge in [0.2, 0.25) is 0 Å². The molecule has 2 aromatic rings. The minimum Gasteiger partial charge on any atom is -0.370 e. The number of halogens is 3. The predicted molar refractivity (Wildman–Crippen MR) is 72.3 cm³/mol. The van der Waals surface area contributed by atoms with Gasteiger partial charge in [0.15, 0.2) is 11.5 Å². The molecule has 0 amide bonds. The zero-order valence-corrected chi connectivity index (χ0v) is 11.8. The van der Waals surface area contributed by atoms with Gasteiger partial charge in [-0.05, 0) is 19.4 Å². The maximum Gasteiger partial charge on any atom is 0.435 e. The molecule has 0 saturated heterocycles. The van der Waals surface area contributed by atoms with Crippen molar-refractivity contribution in [1.29, 1.82) is 0 Å². The minimum absolute atomic E-state index is 0.319. The van der Waals surface area contributed by atoms with E-state index in [0.29, 0.717) is 30.4 Å². The molecule has 0 aliphatic carbocycles. The number of nitrogens with one attached hydrogen (secondary N) is 1. The third-order valence-corrected chi connectivity index (χ3v) is 2.70. The van der Waals surface area contributed by atoms with Crippen molar-refractivity contribution < 1.29 is 13.2 Å². The van der Waals surface area contributed by atoms with E-state index in [1.807, 2.05) is 13.8 Å². The molecule has 0 aliphatic heterocycles. The molecular weight excluding hydrogens is 283 g/mol. The van der Waals surface area contributed by atoms with Crippen LogP contribution in [-0.4, -0.2) is 26.3 Å². The topological polar surface area (TPSA) is 55.6 Å². The molecule has 0 fully saturated rings. The Bertz CT molecular complexity index is 582. The number of anilines is 1. The van der Waals surface area contributed by atoms with Crippen LogP contribution in [0.15, 0.2) is 18.3 Å². The van der Waals surface area contributed by atoms with E-state index in [-0.39, 0.29) is 0 Å². The maximum atomic E-state index is 12.6. The largest absolute Gasteiger partial charge is 0.435 e. The highest BCUT2D eigenvalue weighted by atomic mass is 19.4. The number of rotatable bonds is 5. The molecular formula is C13H16F3N5. The second-order valence-corrected chi connectivity index (χ2v) is 4.45. The first-order valence-corrected chi connectivity index (χ1v) is 6.69. The second kappa shape index (κ2) is 6.11. The lowest BCUT2D eigenvalue weighted by molar-refractivity contribution is -0.141. The van der Waals surface area contributed by atoms with Crippen molar-refractivity contribution in [1.82, 2.24) is 19.7 Å². The Hall–Kier alpha value is -2.12. The summed E-state index contributed by atoms with van der Waals surface area (Å²) in [4.78, 5) is 8.56. The summed E-state index contributed by atoms with van der Waals surface area (Å²) in [5.74, 6) is 1.48. The van der Waals surface area contributed by atoms with E-state index in [1.165, 1.54) is 6.20 Å². The summed E-state index contributed by atoms with van der Waals surface area (Å²) in [6, 6.07) is 2.50. The zero-order chi connectivity index (χ0) is 15.5. The van der Waals surface area contributed by atoms with Crippen molar-refractivity contribution in [3.8, 4) is 5.82 Å². The molecule has 2 aromatic heterocycles. The van der Waals surface area contributed by atoms with E-state index in [4.69, 9.17) is 0 Å². The van der Waals surface area contributed by atoms with Gasteiger partial charge in [-0.25, -0.2) is 14.6 Å². The van der Waals surface area contributed by atoms with Gasteiger partial charge < -0.3 is 5.32 Å². The van der Waals surface area contributed by atoms with Crippen LogP contribution in [0.4, 0.5) is 19.0 Å². The highest BCUT2D eigenvalue weighted by molar-refractivity contribution is 5.41.